The molecule has 0 unspecified atom stereocenters. The topological polar surface area (TPSA) is 75.3 Å². The number of nitrogens with zero attached hydrogens (tertiary/aromatic N) is 2. The predicted molar refractivity (Wildman–Crippen MR) is 151 cm³/mol. The van der Waals surface area contributed by atoms with Gasteiger partial charge in [-0.2, -0.15) is 0 Å². The summed E-state index contributed by atoms with van der Waals surface area (Å²) < 4.78 is 5.25. The normalized spacial score (nSPS) is 11.2. The molecule has 192 valence electrons. The molecule has 0 fully saturated rings. The number of methoxy groups -OCH3 is 1. The minimum Gasteiger partial charge on any atom is -0.385 e. The van der Waals surface area contributed by atoms with Gasteiger partial charge in [-0.25, -0.2) is 4.98 Å². The molecule has 2 aromatic heterocycles. The average molecular weight is 516 g/mol. The second-order valence-electron chi connectivity index (χ2n) is 9.32. The summed E-state index contributed by atoms with van der Waals surface area (Å²) in [5, 5.41) is 1.01. The molecule has 0 aliphatic carbocycles. The quantitative estimate of drug-likeness (QED) is 0.221. The lowest BCUT2D eigenvalue weighted by molar-refractivity contribution is 0.0722. The number of aromatic amines is 1. The number of amides is 1. The minimum atomic E-state index is -0.370. The smallest absolute Gasteiger partial charge is 0.261 e. The highest BCUT2D eigenvalue weighted by molar-refractivity contribution is 7.98. The van der Waals surface area contributed by atoms with Crippen LogP contribution < -0.4 is 5.56 Å². The maximum atomic E-state index is 13.7. The number of carbonyl (C=O) groups excluding carboxylic acids is 1. The lowest BCUT2D eigenvalue weighted by Crippen LogP contribution is -2.36. The summed E-state index contributed by atoms with van der Waals surface area (Å²) in [7, 11) is 1.64. The van der Waals surface area contributed by atoms with E-state index in [4.69, 9.17) is 9.72 Å². The Labute approximate surface area is 222 Å². The number of fused-ring (bicyclic) bond motifs is 1. The summed E-state index contributed by atoms with van der Waals surface area (Å²) in [4.78, 5) is 37.2. The molecule has 4 aromatic rings. The van der Waals surface area contributed by atoms with Crippen molar-refractivity contribution in [2.75, 3.05) is 26.5 Å². The molecule has 0 aliphatic rings. The number of hydrogen-bond donors (Lipinski definition) is 1. The van der Waals surface area contributed by atoms with Crippen molar-refractivity contribution in [3.63, 3.8) is 0 Å². The predicted octanol–water partition coefficient (Wildman–Crippen LogP) is 5.92. The van der Waals surface area contributed by atoms with Crippen LogP contribution in [-0.4, -0.2) is 47.3 Å². The first kappa shape index (κ1) is 26.6. The third-order valence-corrected chi connectivity index (χ3v) is 7.27. The van der Waals surface area contributed by atoms with Gasteiger partial charge in [0, 0.05) is 48.3 Å². The van der Waals surface area contributed by atoms with Crippen molar-refractivity contribution in [3.8, 4) is 11.3 Å². The van der Waals surface area contributed by atoms with Gasteiger partial charge in [0.1, 0.15) is 5.56 Å². The first-order chi connectivity index (χ1) is 17.8. The molecule has 0 saturated carbocycles. The Balaban J connectivity index is 1.82. The Morgan fingerprint density at radius 2 is 1.89 bits per heavy atom. The molecule has 0 saturated heterocycles. The van der Waals surface area contributed by atoms with Gasteiger partial charge in [-0.3, -0.25) is 9.59 Å². The molecular weight excluding hydrogens is 482 g/mol. The second kappa shape index (κ2) is 11.8. The fourth-order valence-corrected chi connectivity index (χ4v) is 4.83. The number of benzene rings is 2. The van der Waals surface area contributed by atoms with Crippen molar-refractivity contribution in [1.82, 2.24) is 14.9 Å². The van der Waals surface area contributed by atoms with E-state index in [0.717, 1.165) is 49.4 Å². The molecular formula is C30H33N3O3S. The summed E-state index contributed by atoms with van der Waals surface area (Å²) in [6.45, 7) is 7.08. The molecule has 2 heterocycles. The highest BCUT2D eigenvalue weighted by Gasteiger charge is 2.22. The maximum absolute atomic E-state index is 13.7. The molecule has 0 atom stereocenters. The van der Waals surface area contributed by atoms with Crippen LogP contribution in [0.3, 0.4) is 0 Å². The van der Waals surface area contributed by atoms with Crippen LogP contribution in [0, 0.1) is 20.8 Å². The second-order valence-corrected chi connectivity index (χ2v) is 10.2. The van der Waals surface area contributed by atoms with Crippen molar-refractivity contribution in [3.05, 3.63) is 92.9 Å². The Bertz CT molecular complexity index is 1500. The number of ether oxygens (including phenoxy) is 1. The number of rotatable bonds is 9. The number of aromatic nitrogens is 2. The van der Waals surface area contributed by atoms with E-state index in [1.807, 2.05) is 26.0 Å². The Kier molecular flexibility index (Phi) is 8.46. The van der Waals surface area contributed by atoms with Crippen LogP contribution >= 0.6 is 11.8 Å². The zero-order valence-corrected chi connectivity index (χ0v) is 22.9. The lowest BCUT2D eigenvalue weighted by Gasteiger charge is -2.24. The van der Waals surface area contributed by atoms with Gasteiger partial charge < -0.3 is 14.6 Å². The number of aryl methyl sites for hydroxylation is 3. The number of thioether (sulfide) groups is 1. The highest BCUT2D eigenvalue weighted by atomic mass is 32.2. The van der Waals surface area contributed by atoms with E-state index in [2.05, 4.69) is 54.6 Å². The van der Waals surface area contributed by atoms with E-state index < -0.39 is 0 Å². The van der Waals surface area contributed by atoms with Gasteiger partial charge >= 0.3 is 0 Å². The summed E-state index contributed by atoms with van der Waals surface area (Å²) >= 11 is 1.68. The third kappa shape index (κ3) is 6.12. The fourth-order valence-electron chi connectivity index (χ4n) is 4.39. The summed E-state index contributed by atoms with van der Waals surface area (Å²) in [5.41, 5.74) is 6.23. The molecule has 0 bridgehead atoms. The summed E-state index contributed by atoms with van der Waals surface area (Å²) in [6.07, 6.45) is 2.71. The van der Waals surface area contributed by atoms with Crippen LogP contribution in [0.25, 0.3) is 22.2 Å². The molecule has 7 heteroatoms. The molecule has 4 rings (SSSR count). The lowest BCUT2D eigenvalue weighted by atomic mass is 10.0. The number of nitrogens with one attached hydrogen (secondary N) is 1. The fraction of sp³-hybridized carbons (Fsp3) is 0.300. The molecule has 1 amide bonds. The minimum absolute atomic E-state index is 0.149. The van der Waals surface area contributed by atoms with Crippen LogP contribution in [0.5, 0.6) is 0 Å². The molecule has 0 radical (unpaired) electrons. The van der Waals surface area contributed by atoms with E-state index in [1.165, 1.54) is 0 Å². The Morgan fingerprint density at radius 3 is 2.62 bits per heavy atom. The number of carbonyl (C=O) groups is 1. The molecule has 0 aliphatic heterocycles. The third-order valence-electron chi connectivity index (χ3n) is 6.55. The molecule has 37 heavy (non-hydrogen) atoms. The van der Waals surface area contributed by atoms with Crippen LogP contribution in [0.2, 0.25) is 0 Å². The van der Waals surface area contributed by atoms with E-state index in [1.54, 1.807) is 29.8 Å². The van der Waals surface area contributed by atoms with Gasteiger partial charge in [0.2, 0.25) is 0 Å². The van der Waals surface area contributed by atoms with Crippen LogP contribution in [-0.2, 0) is 11.3 Å². The number of pyridine rings is 2. The van der Waals surface area contributed by atoms with Gasteiger partial charge in [-0.15, -0.1) is 11.8 Å². The summed E-state index contributed by atoms with van der Waals surface area (Å²) in [6, 6.07) is 18.3. The number of hydrogen-bond acceptors (Lipinski definition) is 5. The monoisotopic (exact) mass is 515 g/mol. The van der Waals surface area contributed by atoms with Crippen LogP contribution in [0.15, 0.2) is 64.3 Å². The van der Waals surface area contributed by atoms with Gasteiger partial charge in [0.05, 0.1) is 11.2 Å². The molecule has 1 N–H and O–H groups in total. The Hall–Kier alpha value is -3.42. The molecule has 2 aromatic carbocycles. The van der Waals surface area contributed by atoms with Crippen molar-refractivity contribution >= 4 is 28.6 Å². The van der Waals surface area contributed by atoms with E-state index in [-0.39, 0.29) is 17.0 Å². The molecule has 0 spiro atoms. The summed E-state index contributed by atoms with van der Waals surface area (Å²) in [5.74, 6) is -0.298. The van der Waals surface area contributed by atoms with Crippen LogP contribution in [0.1, 0.15) is 39.2 Å². The van der Waals surface area contributed by atoms with Crippen LogP contribution in [0.4, 0.5) is 0 Å². The van der Waals surface area contributed by atoms with Gasteiger partial charge in [0.15, 0.2) is 0 Å². The first-order valence-corrected chi connectivity index (χ1v) is 13.6. The van der Waals surface area contributed by atoms with E-state index in [0.29, 0.717) is 26.1 Å². The van der Waals surface area contributed by atoms with Gasteiger partial charge in [-0.1, -0.05) is 29.8 Å². The largest absolute Gasteiger partial charge is 0.385 e. The Morgan fingerprint density at radius 1 is 1.08 bits per heavy atom. The van der Waals surface area contributed by atoms with Crippen molar-refractivity contribution in [2.24, 2.45) is 0 Å². The number of H-pyrrole nitrogens is 1. The maximum Gasteiger partial charge on any atom is 0.261 e. The van der Waals surface area contributed by atoms with E-state index >= 15 is 0 Å². The van der Waals surface area contributed by atoms with Crippen molar-refractivity contribution in [2.45, 2.75) is 38.6 Å². The highest BCUT2D eigenvalue weighted by Crippen LogP contribution is 2.30. The van der Waals surface area contributed by atoms with Crippen molar-refractivity contribution < 1.29 is 9.53 Å². The zero-order chi connectivity index (χ0) is 26.5. The van der Waals surface area contributed by atoms with Crippen molar-refractivity contribution in [1.29, 1.82) is 0 Å². The van der Waals surface area contributed by atoms with Gasteiger partial charge in [0.25, 0.3) is 11.5 Å². The van der Waals surface area contributed by atoms with E-state index in [9.17, 15) is 9.59 Å². The SMILES string of the molecule is COCCCN(Cc1cc2ccc(SC)cc2nc1-c1cccc(C)c1)C(=O)c1cc(C)c(C)[nH]c1=O. The van der Waals surface area contributed by atoms with Gasteiger partial charge in [-0.05, 0) is 74.9 Å². The first-order valence-electron chi connectivity index (χ1n) is 12.3. The zero-order valence-electron chi connectivity index (χ0n) is 22.1. The average Bonchev–Trinajstić information content (AvgIpc) is 2.89. The standard InChI is InChI=1S/C30H33N3O3S/c1-19-8-6-9-23(14-19)28-24(16-22-10-11-25(37-5)17-27(22)32-28)18-33(12-7-13-36-4)30(35)26-15-20(2)21(3)31-29(26)34/h6,8-11,14-17H,7,12-13,18H2,1-5H3,(H,31,34). The molecule has 6 nitrogen and oxygen atoms in total.